The highest BCUT2D eigenvalue weighted by Gasteiger charge is 2.18. The van der Waals surface area contributed by atoms with Gasteiger partial charge in [-0.15, -0.1) is 0 Å². The summed E-state index contributed by atoms with van der Waals surface area (Å²) in [5, 5.41) is 2.59. The second kappa shape index (κ2) is 7.61. The molecule has 0 aliphatic rings. The summed E-state index contributed by atoms with van der Waals surface area (Å²) in [5.41, 5.74) is 1.27. The van der Waals surface area contributed by atoms with Gasteiger partial charge < -0.3 is 5.32 Å². The molecule has 1 N–H and O–H groups in total. The summed E-state index contributed by atoms with van der Waals surface area (Å²) in [6, 6.07) is 13.8. The molecule has 0 aliphatic carbocycles. The Bertz CT molecular complexity index is 647. The highest BCUT2D eigenvalue weighted by atomic mass is 32.1. The van der Waals surface area contributed by atoms with Crippen molar-refractivity contribution in [2.45, 2.75) is 6.42 Å². The number of hydrogen-bond donors (Lipinski definition) is 2. The molecule has 0 aliphatic heterocycles. The second-order valence-electron chi connectivity index (χ2n) is 4.59. The summed E-state index contributed by atoms with van der Waals surface area (Å²) in [4.78, 5) is 23.9. The third kappa shape index (κ3) is 4.33. The van der Waals surface area contributed by atoms with Crippen LogP contribution in [0.5, 0.6) is 0 Å². The predicted octanol–water partition coefficient (Wildman–Crippen LogP) is 3.07. The van der Waals surface area contributed by atoms with Crippen LogP contribution >= 0.6 is 12.8 Å². The zero-order valence-electron chi connectivity index (χ0n) is 11.7. The molecule has 114 valence electrons. The van der Waals surface area contributed by atoms with E-state index < -0.39 is 11.9 Å². The van der Waals surface area contributed by atoms with Crippen molar-refractivity contribution in [3.05, 3.63) is 71.5 Å². The molecule has 3 amide bonds. The van der Waals surface area contributed by atoms with E-state index in [0.717, 1.165) is 9.87 Å². The van der Waals surface area contributed by atoms with E-state index in [1.165, 1.54) is 12.1 Å². The number of carbonyl (C=O) groups excluding carboxylic acids is 2. The van der Waals surface area contributed by atoms with Crippen LogP contribution in [0.15, 0.2) is 54.6 Å². The number of benzene rings is 2. The molecule has 22 heavy (non-hydrogen) atoms. The fourth-order valence-corrected chi connectivity index (χ4v) is 2.02. The van der Waals surface area contributed by atoms with Crippen LogP contribution < -0.4 is 5.32 Å². The van der Waals surface area contributed by atoms with Crippen LogP contribution in [0.2, 0.25) is 0 Å². The number of thiol groups is 1. The standard InChI is InChI=1S/C16H15FN2O2S/c17-14-8-6-12(7-9-14)10-11-18-16(21)19(22)15(20)13-4-2-1-3-5-13/h1-9,22H,10-11H2,(H,18,21). The van der Waals surface area contributed by atoms with E-state index in [-0.39, 0.29) is 5.82 Å². The summed E-state index contributed by atoms with van der Waals surface area (Å²) < 4.78 is 13.5. The van der Waals surface area contributed by atoms with E-state index in [4.69, 9.17) is 0 Å². The molecule has 0 bridgehead atoms. The van der Waals surface area contributed by atoms with E-state index in [1.54, 1.807) is 42.5 Å². The quantitative estimate of drug-likeness (QED) is 0.851. The highest BCUT2D eigenvalue weighted by molar-refractivity contribution is 7.79. The summed E-state index contributed by atoms with van der Waals surface area (Å²) in [7, 11) is 0. The molecular formula is C16H15FN2O2S. The molecule has 0 atom stereocenters. The topological polar surface area (TPSA) is 49.4 Å². The van der Waals surface area contributed by atoms with Crippen LogP contribution in [0.3, 0.4) is 0 Å². The van der Waals surface area contributed by atoms with Gasteiger partial charge in [0, 0.05) is 12.1 Å². The molecule has 0 spiro atoms. The summed E-state index contributed by atoms with van der Waals surface area (Å²) >= 11 is 3.93. The molecule has 2 aromatic carbocycles. The number of carbonyl (C=O) groups is 2. The average Bonchev–Trinajstić information content (AvgIpc) is 2.56. The van der Waals surface area contributed by atoms with Gasteiger partial charge in [-0.25, -0.2) is 13.5 Å². The SMILES string of the molecule is O=C(NCCc1ccc(F)cc1)N(S)C(=O)c1ccccc1. The zero-order chi connectivity index (χ0) is 15.9. The van der Waals surface area contributed by atoms with Crippen molar-refractivity contribution in [3.8, 4) is 0 Å². The molecule has 0 fully saturated rings. The van der Waals surface area contributed by atoms with Gasteiger partial charge in [0.25, 0.3) is 5.91 Å². The second-order valence-corrected chi connectivity index (χ2v) is 4.99. The lowest BCUT2D eigenvalue weighted by Crippen LogP contribution is -2.38. The first-order valence-electron chi connectivity index (χ1n) is 6.68. The van der Waals surface area contributed by atoms with Crippen LogP contribution in [0, 0.1) is 5.82 Å². The molecular weight excluding hydrogens is 303 g/mol. The molecule has 4 nitrogen and oxygen atoms in total. The fourth-order valence-electron chi connectivity index (χ4n) is 1.83. The Balaban J connectivity index is 1.84. The number of imide groups is 1. The van der Waals surface area contributed by atoms with Gasteiger partial charge in [0.2, 0.25) is 0 Å². The Kier molecular flexibility index (Phi) is 5.55. The van der Waals surface area contributed by atoms with Crippen LogP contribution in [0.4, 0.5) is 9.18 Å². The summed E-state index contributed by atoms with van der Waals surface area (Å²) in [6.45, 7) is 0.323. The number of halogens is 1. The lowest BCUT2D eigenvalue weighted by Gasteiger charge is -2.14. The Hall–Kier alpha value is -2.34. The Morgan fingerprint density at radius 2 is 1.68 bits per heavy atom. The van der Waals surface area contributed by atoms with Crippen molar-refractivity contribution in [2.24, 2.45) is 0 Å². The maximum absolute atomic E-state index is 12.8. The molecule has 0 radical (unpaired) electrons. The molecule has 0 unspecified atom stereocenters. The third-order valence-electron chi connectivity index (χ3n) is 3.01. The predicted molar refractivity (Wildman–Crippen MR) is 85.1 cm³/mol. The minimum atomic E-state index is -0.598. The van der Waals surface area contributed by atoms with Gasteiger partial charge in [-0.2, -0.15) is 0 Å². The van der Waals surface area contributed by atoms with Crippen LogP contribution in [0.1, 0.15) is 15.9 Å². The average molecular weight is 318 g/mol. The lowest BCUT2D eigenvalue weighted by molar-refractivity contribution is 0.0896. The first-order valence-corrected chi connectivity index (χ1v) is 7.08. The van der Waals surface area contributed by atoms with Crippen molar-refractivity contribution in [1.29, 1.82) is 0 Å². The van der Waals surface area contributed by atoms with Gasteiger partial charge in [0.05, 0.1) is 0 Å². The van der Waals surface area contributed by atoms with E-state index in [9.17, 15) is 14.0 Å². The van der Waals surface area contributed by atoms with Crippen molar-refractivity contribution in [2.75, 3.05) is 6.54 Å². The third-order valence-corrected chi connectivity index (χ3v) is 3.37. The molecule has 6 heteroatoms. The number of rotatable bonds is 4. The summed E-state index contributed by atoms with van der Waals surface area (Å²) in [6.07, 6.45) is 0.535. The Morgan fingerprint density at radius 3 is 2.32 bits per heavy atom. The van der Waals surface area contributed by atoms with Crippen molar-refractivity contribution in [3.63, 3.8) is 0 Å². The van der Waals surface area contributed by atoms with Crippen molar-refractivity contribution < 1.29 is 14.0 Å². The monoisotopic (exact) mass is 318 g/mol. The number of amides is 3. The van der Waals surface area contributed by atoms with Gasteiger partial charge in [-0.05, 0) is 36.2 Å². The lowest BCUT2D eigenvalue weighted by atomic mass is 10.1. The smallest absolute Gasteiger partial charge is 0.334 e. The van der Waals surface area contributed by atoms with E-state index in [1.807, 2.05) is 0 Å². The van der Waals surface area contributed by atoms with Gasteiger partial charge in [0.1, 0.15) is 5.82 Å². The largest absolute Gasteiger partial charge is 0.337 e. The number of urea groups is 1. The fraction of sp³-hybridized carbons (Fsp3) is 0.125. The maximum atomic E-state index is 12.8. The zero-order valence-corrected chi connectivity index (χ0v) is 12.6. The molecule has 0 saturated heterocycles. The number of hydrogen-bond acceptors (Lipinski definition) is 3. The van der Waals surface area contributed by atoms with Crippen LogP contribution in [-0.4, -0.2) is 22.8 Å². The van der Waals surface area contributed by atoms with Gasteiger partial charge in [0.15, 0.2) is 0 Å². The summed E-state index contributed by atoms with van der Waals surface area (Å²) in [5.74, 6) is -0.800. The highest BCUT2D eigenvalue weighted by Crippen LogP contribution is 2.07. The molecule has 2 aromatic rings. The van der Waals surface area contributed by atoms with Crippen LogP contribution in [-0.2, 0) is 6.42 Å². The van der Waals surface area contributed by atoms with Gasteiger partial charge in [-0.3, -0.25) is 4.79 Å². The van der Waals surface area contributed by atoms with E-state index in [2.05, 4.69) is 18.1 Å². The van der Waals surface area contributed by atoms with Crippen molar-refractivity contribution in [1.82, 2.24) is 9.62 Å². The van der Waals surface area contributed by atoms with Gasteiger partial charge in [-0.1, -0.05) is 43.1 Å². The maximum Gasteiger partial charge on any atom is 0.334 e. The normalized spacial score (nSPS) is 10.1. The van der Waals surface area contributed by atoms with E-state index >= 15 is 0 Å². The first-order chi connectivity index (χ1) is 10.6. The molecule has 2 rings (SSSR count). The van der Waals surface area contributed by atoms with E-state index in [0.29, 0.717) is 18.5 Å². The first kappa shape index (κ1) is 16.0. The molecule has 0 aromatic heterocycles. The van der Waals surface area contributed by atoms with Gasteiger partial charge >= 0.3 is 6.03 Å². The Labute approximate surface area is 133 Å². The number of nitrogens with one attached hydrogen (secondary N) is 1. The molecule has 0 heterocycles. The molecule has 0 saturated carbocycles. The van der Waals surface area contributed by atoms with Crippen LogP contribution in [0.25, 0.3) is 0 Å². The number of nitrogens with zero attached hydrogens (tertiary/aromatic N) is 1. The minimum Gasteiger partial charge on any atom is -0.337 e. The Morgan fingerprint density at radius 1 is 1.05 bits per heavy atom. The van der Waals surface area contributed by atoms with Crippen molar-refractivity contribution >= 4 is 24.8 Å². The minimum absolute atomic E-state index is 0.303.